The van der Waals surface area contributed by atoms with Gasteiger partial charge in [-0.2, -0.15) is 13.2 Å². The van der Waals surface area contributed by atoms with Gasteiger partial charge in [-0.15, -0.1) is 0 Å². The highest BCUT2D eigenvalue weighted by Gasteiger charge is 2.66. The molecule has 5 nitrogen and oxygen atoms in total. The highest BCUT2D eigenvalue weighted by atomic mass is 19.4. The van der Waals surface area contributed by atoms with Crippen LogP contribution in [-0.4, -0.2) is 24.4 Å². The number of alkyl halides is 3. The first-order valence-electron chi connectivity index (χ1n) is 11.7. The summed E-state index contributed by atoms with van der Waals surface area (Å²) in [5, 5.41) is 0.612. The number of carbonyl (C=O) groups excluding carboxylic acids is 1. The minimum Gasteiger partial charge on any atom is -0.489 e. The van der Waals surface area contributed by atoms with E-state index in [1.807, 2.05) is 31.2 Å². The van der Waals surface area contributed by atoms with Crippen LogP contribution in [0.2, 0.25) is 0 Å². The Bertz CT molecular complexity index is 1370. The van der Waals surface area contributed by atoms with Crippen LogP contribution in [0.4, 0.5) is 13.2 Å². The number of aryl methyl sites for hydroxylation is 1. The molecule has 2 aromatic carbocycles. The van der Waals surface area contributed by atoms with Gasteiger partial charge >= 0.3 is 17.8 Å². The molecule has 1 aromatic heterocycles. The molecule has 1 aliphatic carbocycles. The van der Waals surface area contributed by atoms with Crippen LogP contribution in [0, 0.1) is 5.41 Å². The first-order chi connectivity index (χ1) is 17.0. The second kappa shape index (κ2) is 9.48. The molecule has 0 radical (unpaired) electrons. The molecule has 0 N–H and O–H groups in total. The summed E-state index contributed by atoms with van der Waals surface area (Å²) >= 11 is 0. The number of carbonyl (C=O) groups is 1. The Morgan fingerprint density at radius 1 is 1.11 bits per heavy atom. The average molecular weight is 501 g/mol. The molecule has 1 aliphatic rings. The van der Waals surface area contributed by atoms with Crippen molar-refractivity contribution in [3.63, 3.8) is 0 Å². The maximum absolute atomic E-state index is 14.2. The zero-order valence-corrected chi connectivity index (χ0v) is 20.3. The molecule has 0 saturated heterocycles. The van der Waals surface area contributed by atoms with Gasteiger partial charge in [0, 0.05) is 17.0 Å². The topological polar surface area (TPSA) is 65.7 Å². The van der Waals surface area contributed by atoms with Crippen LogP contribution >= 0.6 is 0 Å². The SMILES string of the molecule is C=C(C)C(=O)OC1CCC(Oc2ccc3cc(-c4ccccc4CC)c(=O)oc3c2)C1(C)C(F)(F)F. The molecule has 190 valence electrons. The van der Waals surface area contributed by atoms with E-state index in [0.717, 1.165) is 24.5 Å². The minimum absolute atomic E-state index is 0.0114. The van der Waals surface area contributed by atoms with E-state index in [1.54, 1.807) is 18.2 Å². The summed E-state index contributed by atoms with van der Waals surface area (Å²) in [5.74, 6) is -0.747. The standard InChI is InChI=1S/C28H27F3O5/c1-5-17-8-6-7-9-20(17)21-14-18-10-11-19(15-22(18)35-26(21)33)34-23-12-13-24(36-25(32)16(2)3)27(23,4)28(29,30)31/h6-11,14-15,23-24H,2,5,12-13H2,1,3-4H3. The number of hydrogen-bond donors (Lipinski definition) is 0. The van der Waals surface area contributed by atoms with Crippen LogP contribution in [0.15, 0.2) is 69.9 Å². The van der Waals surface area contributed by atoms with E-state index < -0.39 is 35.4 Å². The van der Waals surface area contributed by atoms with Crippen LogP contribution < -0.4 is 10.4 Å². The maximum atomic E-state index is 14.2. The van der Waals surface area contributed by atoms with E-state index in [1.165, 1.54) is 13.0 Å². The molecule has 0 spiro atoms. The number of halogens is 3. The minimum atomic E-state index is -4.70. The van der Waals surface area contributed by atoms with Gasteiger partial charge in [0.05, 0.1) is 5.56 Å². The second-order valence-electron chi connectivity index (χ2n) is 9.30. The van der Waals surface area contributed by atoms with E-state index in [9.17, 15) is 22.8 Å². The molecule has 1 saturated carbocycles. The number of esters is 1. The molecule has 4 rings (SSSR count). The number of ether oxygens (including phenoxy) is 2. The summed E-state index contributed by atoms with van der Waals surface area (Å²) < 4.78 is 59.1. The first-order valence-corrected chi connectivity index (χ1v) is 11.7. The van der Waals surface area contributed by atoms with Gasteiger partial charge in [0.15, 0.2) is 0 Å². The molecule has 3 unspecified atom stereocenters. The van der Waals surface area contributed by atoms with Crippen molar-refractivity contribution < 1.29 is 31.9 Å². The molecule has 1 fully saturated rings. The van der Waals surface area contributed by atoms with Crippen LogP contribution in [-0.2, 0) is 16.0 Å². The van der Waals surface area contributed by atoms with Crippen LogP contribution in [0.3, 0.4) is 0 Å². The van der Waals surface area contributed by atoms with Crippen LogP contribution in [0.1, 0.15) is 39.2 Å². The molecule has 0 aliphatic heterocycles. The predicted molar refractivity (Wildman–Crippen MR) is 130 cm³/mol. The average Bonchev–Trinajstić information content (AvgIpc) is 3.14. The molecular formula is C28H27F3O5. The Morgan fingerprint density at radius 3 is 2.47 bits per heavy atom. The lowest BCUT2D eigenvalue weighted by atomic mass is 9.83. The van der Waals surface area contributed by atoms with E-state index in [4.69, 9.17) is 13.9 Å². The number of rotatable bonds is 6. The van der Waals surface area contributed by atoms with Crippen molar-refractivity contribution in [2.75, 3.05) is 0 Å². The normalized spacial score (nSPS) is 21.9. The Kier molecular flexibility index (Phi) is 6.73. The van der Waals surface area contributed by atoms with Gasteiger partial charge in [-0.25, -0.2) is 9.59 Å². The van der Waals surface area contributed by atoms with Gasteiger partial charge in [0.2, 0.25) is 0 Å². The summed E-state index contributed by atoms with van der Waals surface area (Å²) in [6.07, 6.45) is -6.66. The van der Waals surface area contributed by atoms with Gasteiger partial charge < -0.3 is 13.9 Å². The van der Waals surface area contributed by atoms with E-state index in [0.29, 0.717) is 10.9 Å². The summed E-state index contributed by atoms with van der Waals surface area (Å²) in [6.45, 7) is 7.81. The number of benzene rings is 2. The van der Waals surface area contributed by atoms with Crippen molar-refractivity contribution in [1.29, 1.82) is 0 Å². The highest BCUT2D eigenvalue weighted by molar-refractivity contribution is 5.87. The van der Waals surface area contributed by atoms with Crippen molar-refractivity contribution >= 4 is 16.9 Å². The van der Waals surface area contributed by atoms with Gasteiger partial charge in [-0.1, -0.05) is 37.8 Å². The Morgan fingerprint density at radius 2 is 1.81 bits per heavy atom. The van der Waals surface area contributed by atoms with Crippen LogP contribution in [0.25, 0.3) is 22.1 Å². The molecular weight excluding hydrogens is 473 g/mol. The van der Waals surface area contributed by atoms with Gasteiger partial charge in [-0.3, -0.25) is 0 Å². The quantitative estimate of drug-likeness (QED) is 0.216. The third-order valence-corrected chi connectivity index (χ3v) is 6.91. The van der Waals surface area contributed by atoms with Gasteiger partial charge in [0.1, 0.15) is 29.0 Å². The lowest BCUT2D eigenvalue weighted by molar-refractivity contribution is -0.262. The van der Waals surface area contributed by atoms with Crippen LogP contribution in [0.5, 0.6) is 5.75 Å². The second-order valence-corrected chi connectivity index (χ2v) is 9.30. The summed E-state index contributed by atoms with van der Waals surface area (Å²) in [5.41, 5.74) is -0.565. The summed E-state index contributed by atoms with van der Waals surface area (Å²) in [6, 6.07) is 13.8. The highest BCUT2D eigenvalue weighted by Crippen LogP contribution is 2.53. The van der Waals surface area contributed by atoms with Crippen molar-refractivity contribution in [3.8, 4) is 16.9 Å². The fourth-order valence-electron chi connectivity index (χ4n) is 4.68. The molecule has 8 heteroatoms. The lowest BCUT2D eigenvalue weighted by Crippen LogP contribution is -2.51. The van der Waals surface area contributed by atoms with Gasteiger partial charge in [-0.05, 0) is 62.4 Å². The molecule has 36 heavy (non-hydrogen) atoms. The monoisotopic (exact) mass is 500 g/mol. The molecule has 0 amide bonds. The van der Waals surface area contributed by atoms with E-state index in [2.05, 4.69) is 6.58 Å². The fraction of sp³-hybridized carbons (Fsp3) is 0.357. The fourth-order valence-corrected chi connectivity index (χ4v) is 4.68. The van der Waals surface area contributed by atoms with Gasteiger partial charge in [0.25, 0.3) is 0 Å². The maximum Gasteiger partial charge on any atom is 0.401 e. The van der Waals surface area contributed by atoms with E-state index in [-0.39, 0.29) is 29.7 Å². The Labute approximate surface area is 206 Å². The smallest absolute Gasteiger partial charge is 0.401 e. The zero-order chi connectivity index (χ0) is 26.3. The first kappa shape index (κ1) is 25.5. The largest absolute Gasteiger partial charge is 0.489 e. The predicted octanol–water partition coefficient (Wildman–Crippen LogP) is 6.62. The summed E-state index contributed by atoms with van der Waals surface area (Å²) in [7, 11) is 0. The van der Waals surface area contributed by atoms with Crippen molar-refractivity contribution in [3.05, 3.63) is 76.7 Å². The molecule has 3 aromatic rings. The molecule has 0 bridgehead atoms. The Hall–Kier alpha value is -3.55. The molecule has 3 atom stereocenters. The lowest BCUT2D eigenvalue weighted by Gasteiger charge is -2.37. The molecule has 1 heterocycles. The number of hydrogen-bond acceptors (Lipinski definition) is 5. The third kappa shape index (κ3) is 4.52. The van der Waals surface area contributed by atoms with Crippen molar-refractivity contribution in [2.45, 2.75) is 58.4 Å². The van der Waals surface area contributed by atoms with E-state index >= 15 is 0 Å². The van der Waals surface area contributed by atoms with Crippen molar-refractivity contribution in [2.24, 2.45) is 5.41 Å². The number of fused-ring (bicyclic) bond motifs is 1. The Balaban J connectivity index is 1.65. The van der Waals surface area contributed by atoms with Crippen molar-refractivity contribution in [1.82, 2.24) is 0 Å². The third-order valence-electron chi connectivity index (χ3n) is 6.91. The summed E-state index contributed by atoms with van der Waals surface area (Å²) in [4.78, 5) is 24.7. The zero-order valence-electron chi connectivity index (χ0n) is 20.3.